The molecule has 0 aliphatic carbocycles. The largest absolute Gasteiger partial charge is 0.380 e. The van der Waals surface area contributed by atoms with E-state index in [0.29, 0.717) is 18.8 Å². The van der Waals surface area contributed by atoms with Crippen LogP contribution in [0.5, 0.6) is 0 Å². The molecule has 1 saturated heterocycles. The van der Waals surface area contributed by atoms with Crippen LogP contribution < -0.4 is 5.32 Å². The van der Waals surface area contributed by atoms with E-state index in [9.17, 15) is 0 Å². The molecular formula is C15H23NO2. The van der Waals surface area contributed by atoms with Gasteiger partial charge < -0.3 is 14.8 Å². The molecule has 1 aromatic carbocycles. The van der Waals surface area contributed by atoms with Crippen molar-refractivity contribution in [2.75, 3.05) is 13.7 Å². The zero-order chi connectivity index (χ0) is 12.8. The quantitative estimate of drug-likeness (QED) is 0.840. The van der Waals surface area contributed by atoms with Crippen molar-refractivity contribution >= 4 is 0 Å². The lowest BCUT2D eigenvalue weighted by Gasteiger charge is -2.20. The van der Waals surface area contributed by atoms with Gasteiger partial charge in [0.05, 0.1) is 12.7 Å². The fourth-order valence-corrected chi connectivity index (χ4v) is 2.43. The van der Waals surface area contributed by atoms with Gasteiger partial charge in [0.2, 0.25) is 0 Å². The van der Waals surface area contributed by atoms with Crippen LogP contribution in [0, 0.1) is 0 Å². The van der Waals surface area contributed by atoms with Gasteiger partial charge in [-0.3, -0.25) is 0 Å². The topological polar surface area (TPSA) is 30.5 Å². The molecule has 0 spiro atoms. The molecule has 3 heteroatoms. The highest BCUT2D eigenvalue weighted by molar-refractivity contribution is 5.26. The summed E-state index contributed by atoms with van der Waals surface area (Å²) in [4.78, 5) is 0. The summed E-state index contributed by atoms with van der Waals surface area (Å²) in [5, 5.41) is 3.56. The van der Waals surface area contributed by atoms with Crippen molar-refractivity contribution in [3.63, 3.8) is 0 Å². The monoisotopic (exact) mass is 249 g/mol. The Morgan fingerprint density at radius 1 is 1.39 bits per heavy atom. The predicted octanol–water partition coefficient (Wildman–Crippen LogP) is 2.49. The maximum absolute atomic E-state index is 5.69. The van der Waals surface area contributed by atoms with E-state index in [4.69, 9.17) is 9.47 Å². The summed E-state index contributed by atoms with van der Waals surface area (Å²) in [6, 6.07) is 8.82. The lowest BCUT2D eigenvalue weighted by atomic mass is 10.1. The van der Waals surface area contributed by atoms with Crippen LogP contribution in [0.25, 0.3) is 0 Å². The highest BCUT2D eigenvalue weighted by Gasteiger charge is 2.21. The van der Waals surface area contributed by atoms with Crippen LogP contribution in [0.3, 0.4) is 0 Å². The van der Waals surface area contributed by atoms with Gasteiger partial charge in [0.1, 0.15) is 0 Å². The molecule has 2 atom stereocenters. The van der Waals surface area contributed by atoms with E-state index in [0.717, 1.165) is 13.2 Å². The van der Waals surface area contributed by atoms with Gasteiger partial charge >= 0.3 is 0 Å². The SMILES string of the molecule is COCc1ccccc1CNC(C)C1CCCO1. The molecule has 1 fully saturated rings. The van der Waals surface area contributed by atoms with Gasteiger partial charge in [-0.15, -0.1) is 0 Å². The first-order valence-corrected chi connectivity index (χ1v) is 6.72. The van der Waals surface area contributed by atoms with Crippen LogP contribution >= 0.6 is 0 Å². The summed E-state index contributed by atoms with van der Waals surface area (Å²) in [6.45, 7) is 4.67. The minimum absolute atomic E-state index is 0.375. The van der Waals surface area contributed by atoms with Crippen molar-refractivity contribution in [1.82, 2.24) is 5.32 Å². The molecule has 1 heterocycles. The van der Waals surface area contributed by atoms with E-state index >= 15 is 0 Å². The fraction of sp³-hybridized carbons (Fsp3) is 0.600. The van der Waals surface area contributed by atoms with Crippen molar-refractivity contribution in [3.8, 4) is 0 Å². The van der Waals surface area contributed by atoms with Gasteiger partial charge in [-0.25, -0.2) is 0 Å². The number of ether oxygens (including phenoxy) is 2. The molecular weight excluding hydrogens is 226 g/mol. The number of rotatable bonds is 6. The Bertz CT molecular complexity index is 361. The van der Waals surface area contributed by atoms with E-state index in [1.165, 1.54) is 24.0 Å². The smallest absolute Gasteiger partial charge is 0.0726 e. The van der Waals surface area contributed by atoms with Gasteiger partial charge in [0, 0.05) is 26.3 Å². The Balaban J connectivity index is 1.88. The first kappa shape index (κ1) is 13.5. The van der Waals surface area contributed by atoms with Gasteiger partial charge in [0.15, 0.2) is 0 Å². The van der Waals surface area contributed by atoms with Crippen LogP contribution in [0.4, 0.5) is 0 Å². The average molecular weight is 249 g/mol. The van der Waals surface area contributed by atoms with Gasteiger partial charge in [0.25, 0.3) is 0 Å². The summed E-state index contributed by atoms with van der Waals surface area (Å²) < 4.78 is 10.9. The minimum Gasteiger partial charge on any atom is -0.380 e. The first-order chi connectivity index (χ1) is 8.81. The van der Waals surface area contributed by atoms with Crippen molar-refractivity contribution < 1.29 is 9.47 Å². The minimum atomic E-state index is 0.375. The zero-order valence-corrected chi connectivity index (χ0v) is 11.3. The van der Waals surface area contributed by atoms with Crippen molar-refractivity contribution in [1.29, 1.82) is 0 Å². The summed E-state index contributed by atoms with van der Waals surface area (Å²) >= 11 is 0. The second-order valence-corrected chi connectivity index (χ2v) is 4.92. The molecule has 2 unspecified atom stereocenters. The molecule has 0 saturated carbocycles. The third-order valence-corrected chi connectivity index (χ3v) is 3.56. The molecule has 2 rings (SSSR count). The fourth-order valence-electron chi connectivity index (χ4n) is 2.43. The third-order valence-electron chi connectivity index (χ3n) is 3.56. The van der Waals surface area contributed by atoms with Gasteiger partial charge in [-0.2, -0.15) is 0 Å². The lowest BCUT2D eigenvalue weighted by Crippen LogP contribution is -2.36. The van der Waals surface area contributed by atoms with E-state index in [-0.39, 0.29) is 0 Å². The predicted molar refractivity (Wildman–Crippen MR) is 72.4 cm³/mol. The number of methoxy groups -OCH3 is 1. The number of hydrogen-bond donors (Lipinski definition) is 1. The van der Waals surface area contributed by atoms with Crippen molar-refractivity contribution in [2.24, 2.45) is 0 Å². The summed E-state index contributed by atoms with van der Waals surface area (Å²) in [6.07, 6.45) is 2.74. The molecule has 0 radical (unpaired) electrons. The number of nitrogens with one attached hydrogen (secondary N) is 1. The molecule has 18 heavy (non-hydrogen) atoms. The van der Waals surface area contributed by atoms with Crippen LogP contribution in [-0.2, 0) is 22.6 Å². The van der Waals surface area contributed by atoms with Crippen LogP contribution in [-0.4, -0.2) is 25.9 Å². The molecule has 3 nitrogen and oxygen atoms in total. The standard InChI is InChI=1S/C15H23NO2/c1-12(15-8-5-9-18-15)16-10-13-6-3-4-7-14(13)11-17-2/h3-4,6-7,12,15-16H,5,8-11H2,1-2H3. The van der Waals surface area contributed by atoms with Crippen LogP contribution in [0.1, 0.15) is 30.9 Å². The molecule has 0 amide bonds. The van der Waals surface area contributed by atoms with Crippen LogP contribution in [0.2, 0.25) is 0 Å². The maximum atomic E-state index is 5.69. The lowest BCUT2D eigenvalue weighted by molar-refractivity contribution is 0.0831. The van der Waals surface area contributed by atoms with E-state index in [1.54, 1.807) is 7.11 Å². The molecule has 1 aliphatic rings. The first-order valence-electron chi connectivity index (χ1n) is 6.72. The molecule has 1 N–H and O–H groups in total. The highest BCUT2D eigenvalue weighted by atomic mass is 16.5. The van der Waals surface area contributed by atoms with E-state index in [1.807, 2.05) is 0 Å². The third kappa shape index (κ3) is 3.55. The molecule has 1 aromatic rings. The van der Waals surface area contributed by atoms with Crippen molar-refractivity contribution in [2.45, 2.75) is 45.1 Å². The molecule has 100 valence electrons. The second kappa shape index (κ2) is 6.88. The molecule has 0 aromatic heterocycles. The molecule has 1 aliphatic heterocycles. The number of hydrogen-bond acceptors (Lipinski definition) is 3. The Labute approximate surface area is 109 Å². The van der Waals surface area contributed by atoms with Gasteiger partial charge in [-0.05, 0) is 30.9 Å². The summed E-state index contributed by atoms with van der Waals surface area (Å²) in [7, 11) is 1.74. The molecule has 0 bridgehead atoms. The van der Waals surface area contributed by atoms with E-state index in [2.05, 4.69) is 36.5 Å². The Morgan fingerprint density at radius 3 is 2.83 bits per heavy atom. The van der Waals surface area contributed by atoms with E-state index < -0.39 is 0 Å². The Kier molecular flexibility index (Phi) is 5.17. The van der Waals surface area contributed by atoms with Gasteiger partial charge in [-0.1, -0.05) is 24.3 Å². The Hall–Kier alpha value is -0.900. The summed E-state index contributed by atoms with van der Waals surface area (Å²) in [5.74, 6) is 0. The highest BCUT2D eigenvalue weighted by Crippen LogP contribution is 2.16. The zero-order valence-electron chi connectivity index (χ0n) is 11.3. The second-order valence-electron chi connectivity index (χ2n) is 4.92. The van der Waals surface area contributed by atoms with Crippen molar-refractivity contribution in [3.05, 3.63) is 35.4 Å². The number of benzene rings is 1. The maximum Gasteiger partial charge on any atom is 0.0726 e. The normalized spacial score (nSPS) is 21.1. The summed E-state index contributed by atoms with van der Waals surface area (Å²) in [5.41, 5.74) is 2.57. The Morgan fingerprint density at radius 2 is 2.17 bits per heavy atom. The van der Waals surface area contributed by atoms with Crippen LogP contribution in [0.15, 0.2) is 24.3 Å². The average Bonchev–Trinajstić information content (AvgIpc) is 2.92.